The van der Waals surface area contributed by atoms with Gasteiger partial charge in [-0.25, -0.2) is 4.79 Å². The number of urea groups is 1. The van der Waals surface area contributed by atoms with Crippen LogP contribution in [-0.4, -0.2) is 24.0 Å². The lowest BCUT2D eigenvalue weighted by Crippen LogP contribution is -2.45. The fourth-order valence-electron chi connectivity index (χ4n) is 3.36. The average Bonchev–Trinajstić information content (AvgIpc) is 3.36. The van der Waals surface area contributed by atoms with Crippen LogP contribution < -0.4 is 16.0 Å². The molecule has 3 rings (SSSR count). The highest BCUT2D eigenvalue weighted by Gasteiger charge is 2.28. The number of hydrogen-bond donors (Lipinski definition) is 3. The van der Waals surface area contributed by atoms with Gasteiger partial charge in [0.15, 0.2) is 0 Å². The first-order valence-electron chi connectivity index (χ1n) is 9.01. The summed E-state index contributed by atoms with van der Waals surface area (Å²) in [5.41, 5.74) is 1.23. The van der Waals surface area contributed by atoms with Crippen molar-refractivity contribution in [2.45, 2.75) is 58.0 Å². The second kappa shape index (κ2) is 7.24. The van der Waals surface area contributed by atoms with Gasteiger partial charge in [-0.15, -0.1) is 0 Å². The molecule has 5 heteroatoms. The van der Waals surface area contributed by atoms with Crippen LogP contribution in [0.4, 0.5) is 10.5 Å². The van der Waals surface area contributed by atoms with Gasteiger partial charge in [0.05, 0.1) is 0 Å². The topological polar surface area (TPSA) is 70.2 Å². The molecule has 0 spiro atoms. The molecule has 0 bridgehead atoms. The quantitative estimate of drug-likeness (QED) is 0.791. The van der Waals surface area contributed by atoms with Gasteiger partial charge in [0.2, 0.25) is 0 Å². The molecule has 3 N–H and O–H groups in total. The molecule has 0 saturated heterocycles. The number of nitrogens with one attached hydrogen (secondary N) is 3. The predicted octanol–water partition coefficient (Wildman–Crippen LogP) is 3.53. The van der Waals surface area contributed by atoms with E-state index in [4.69, 9.17) is 0 Å². The number of benzene rings is 1. The lowest BCUT2D eigenvalue weighted by molar-refractivity contribution is 0.0951. The van der Waals surface area contributed by atoms with Gasteiger partial charge in [-0.05, 0) is 49.3 Å². The summed E-state index contributed by atoms with van der Waals surface area (Å²) >= 11 is 0. The van der Waals surface area contributed by atoms with E-state index in [9.17, 15) is 9.59 Å². The average molecular weight is 329 g/mol. The van der Waals surface area contributed by atoms with E-state index in [0.29, 0.717) is 29.1 Å². The van der Waals surface area contributed by atoms with Gasteiger partial charge >= 0.3 is 6.03 Å². The normalized spacial score (nSPS) is 26.5. The van der Waals surface area contributed by atoms with Gasteiger partial charge in [-0.3, -0.25) is 4.79 Å². The Kier molecular flexibility index (Phi) is 5.07. The molecule has 2 aliphatic carbocycles. The number of amides is 3. The number of carbonyl (C=O) groups is 2. The van der Waals surface area contributed by atoms with Crippen molar-refractivity contribution >= 4 is 17.6 Å². The predicted molar refractivity (Wildman–Crippen MR) is 95.1 cm³/mol. The Labute approximate surface area is 143 Å². The highest BCUT2D eigenvalue weighted by molar-refractivity contribution is 5.97. The maximum atomic E-state index is 12.3. The van der Waals surface area contributed by atoms with Gasteiger partial charge in [-0.2, -0.15) is 0 Å². The molecule has 3 amide bonds. The summed E-state index contributed by atoms with van der Waals surface area (Å²) in [5, 5.41) is 8.91. The maximum Gasteiger partial charge on any atom is 0.319 e. The highest BCUT2D eigenvalue weighted by Crippen LogP contribution is 2.29. The van der Waals surface area contributed by atoms with E-state index in [0.717, 1.165) is 25.7 Å². The van der Waals surface area contributed by atoms with Crippen molar-refractivity contribution in [3.63, 3.8) is 0 Å². The summed E-state index contributed by atoms with van der Waals surface area (Å²) in [5.74, 6) is 1.05. The van der Waals surface area contributed by atoms with Gasteiger partial charge in [0, 0.05) is 23.3 Å². The van der Waals surface area contributed by atoms with Crippen molar-refractivity contribution in [3.05, 3.63) is 29.8 Å². The maximum absolute atomic E-state index is 12.3. The Morgan fingerprint density at radius 1 is 1.04 bits per heavy atom. The van der Waals surface area contributed by atoms with Crippen LogP contribution in [0.2, 0.25) is 0 Å². The fraction of sp³-hybridized carbons (Fsp3) is 0.579. The number of carbonyl (C=O) groups excluding carboxylic acids is 2. The summed E-state index contributed by atoms with van der Waals surface area (Å²) < 4.78 is 0. The molecule has 2 saturated carbocycles. The number of rotatable bonds is 4. The summed E-state index contributed by atoms with van der Waals surface area (Å²) in [4.78, 5) is 24.4. The summed E-state index contributed by atoms with van der Waals surface area (Å²) in [6.45, 7) is 4.45. The van der Waals surface area contributed by atoms with Crippen molar-refractivity contribution in [2.24, 2.45) is 11.8 Å². The number of hydrogen-bond acceptors (Lipinski definition) is 2. The van der Waals surface area contributed by atoms with E-state index in [1.54, 1.807) is 24.3 Å². The minimum absolute atomic E-state index is 0.0729. The van der Waals surface area contributed by atoms with Crippen LogP contribution in [0.15, 0.2) is 24.3 Å². The van der Waals surface area contributed by atoms with Gasteiger partial charge in [0.1, 0.15) is 0 Å². The first-order valence-corrected chi connectivity index (χ1v) is 9.01. The summed E-state index contributed by atoms with van der Waals surface area (Å²) in [6, 6.07) is 7.45. The zero-order valence-corrected chi connectivity index (χ0v) is 14.5. The van der Waals surface area contributed by atoms with Crippen LogP contribution in [0.25, 0.3) is 0 Å². The van der Waals surface area contributed by atoms with Crippen molar-refractivity contribution in [1.82, 2.24) is 10.6 Å². The molecule has 3 atom stereocenters. The van der Waals surface area contributed by atoms with E-state index < -0.39 is 0 Å². The third-order valence-corrected chi connectivity index (χ3v) is 5.32. The minimum Gasteiger partial charge on any atom is -0.349 e. The van der Waals surface area contributed by atoms with E-state index >= 15 is 0 Å². The van der Waals surface area contributed by atoms with Crippen LogP contribution in [0.3, 0.4) is 0 Å². The monoisotopic (exact) mass is 329 g/mol. The molecular weight excluding hydrogens is 302 g/mol. The van der Waals surface area contributed by atoms with Crippen LogP contribution >= 0.6 is 0 Å². The largest absolute Gasteiger partial charge is 0.349 e. The zero-order valence-electron chi connectivity index (χ0n) is 14.5. The van der Waals surface area contributed by atoms with Crippen LogP contribution in [-0.2, 0) is 0 Å². The second-order valence-electron chi connectivity index (χ2n) is 7.30. The van der Waals surface area contributed by atoms with Crippen LogP contribution in [0.5, 0.6) is 0 Å². The van der Waals surface area contributed by atoms with Crippen molar-refractivity contribution in [2.75, 3.05) is 5.32 Å². The molecule has 5 nitrogen and oxygen atoms in total. The zero-order chi connectivity index (χ0) is 17.1. The molecule has 2 aliphatic rings. The molecule has 2 fully saturated rings. The van der Waals surface area contributed by atoms with Crippen molar-refractivity contribution in [1.29, 1.82) is 0 Å². The Balaban J connectivity index is 1.56. The third kappa shape index (κ3) is 4.28. The Morgan fingerprint density at radius 2 is 1.83 bits per heavy atom. The van der Waals surface area contributed by atoms with E-state index in [1.807, 2.05) is 0 Å². The first-order chi connectivity index (χ1) is 11.5. The van der Waals surface area contributed by atoms with Crippen LogP contribution in [0.1, 0.15) is 56.3 Å². The summed E-state index contributed by atoms with van der Waals surface area (Å²) in [7, 11) is 0. The number of anilines is 1. The molecule has 0 radical (unpaired) electrons. The van der Waals surface area contributed by atoms with Gasteiger partial charge in [-0.1, -0.05) is 32.8 Å². The SMILES string of the molecule is C[C@@H]1[C@@H](C)CCC[C@H]1NC(=O)Nc1cccc(C(=O)NC2CC2)c1. The fourth-order valence-corrected chi connectivity index (χ4v) is 3.36. The molecule has 130 valence electrons. The van der Waals surface area contributed by atoms with E-state index in [-0.39, 0.29) is 18.0 Å². The molecule has 0 unspecified atom stereocenters. The van der Waals surface area contributed by atoms with E-state index in [1.165, 1.54) is 6.42 Å². The molecule has 1 aromatic rings. The van der Waals surface area contributed by atoms with Gasteiger partial charge in [0.25, 0.3) is 5.91 Å². The second-order valence-corrected chi connectivity index (χ2v) is 7.30. The summed E-state index contributed by atoms with van der Waals surface area (Å²) in [6.07, 6.45) is 5.54. The Morgan fingerprint density at radius 3 is 2.58 bits per heavy atom. The molecule has 0 aliphatic heterocycles. The standard InChI is InChI=1S/C19H27N3O2/c1-12-5-3-8-17(13(12)2)22-19(24)21-16-7-4-6-14(11-16)18(23)20-15-9-10-15/h4,6-7,11-13,15,17H,3,5,8-10H2,1-2H3,(H,20,23)(H2,21,22,24)/t12-,13+,17+/m0/s1. The third-order valence-electron chi connectivity index (χ3n) is 5.32. The smallest absolute Gasteiger partial charge is 0.319 e. The van der Waals surface area contributed by atoms with Gasteiger partial charge < -0.3 is 16.0 Å². The molecule has 0 heterocycles. The lowest BCUT2D eigenvalue weighted by atomic mass is 9.78. The highest BCUT2D eigenvalue weighted by atomic mass is 16.2. The molecule has 1 aromatic carbocycles. The Hall–Kier alpha value is -2.04. The Bertz CT molecular complexity index is 612. The lowest BCUT2D eigenvalue weighted by Gasteiger charge is -2.34. The minimum atomic E-state index is -0.194. The molecular formula is C19H27N3O2. The first kappa shape index (κ1) is 16.8. The van der Waals surface area contributed by atoms with Crippen molar-refractivity contribution in [3.8, 4) is 0 Å². The molecule has 24 heavy (non-hydrogen) atoms. The van der Waals surface area contributed by atoms with E-state index in [2.05, 4.69) is 29.8 Å². The molecule has 0 aromatic heterocycles. The van der Waals surface area contributed by atoms with Crippen molar-refractivity contribution < 1.29 is 9.59 Å². The van der Waals surface area contributed by atoms with Crippen LogP contribution in [0, 0.1) is 11.8 Å².